The Labute approximate surface area is 148 Å². The lowest BCUT2D eigenvalue weighted by molar-refractivity contribution is -0.141. The second-order valence-corrected chi connectivity index (χ2v) is 5.52. The molecule has 0 saturated carbocycles. The SMILES string of the molecule is Nc1ncc(-c2ccc(C(F)(F)F)nc2)cc1-c1ccc(C(F)(F)F)nc1. The summed E-state index contributed by atoms with van der Waals surface area (Å²) >= 11 is 0. The average Bonchev–Trinajstić information content (AvgIpc) is 2.61. The molecule has 0 amide bonds. The summed E-state index contributed by atoms with van der Waals surface area (Å²) in [6.45, 7) is 0. The van der Waals surface area contributed by atoms with Crippen LogP contribution in [0.4, 0.5) is 32.2 Å². The minimum atomic E-state index is -4.57. The van der Waals surface area contributed by atoms with Crippen LogP contribution in [0.3, 0.4) is 0 Å². The van der Waals surface area contributed by atoms with E-state index in [4.69, 9.17) is 5.73 Å². The van der Waals surface area contributed by atoms with E-state index in [9.17, 15) is 26.3 Å². The Morgan fingerprint density at radius 2 is 1.11 bits per heavy atom. The van der Waals surface area contributed by atoms with Gasteiger partial charge in [-0.15, -0.1) is 0 Å². The molecular weight excluding hydrogens is 374 g/mol. The number of hydrogen-bond acceptors (Lipinski definition) is 4. The zero-order valence-corrected chi connectivity index (χ0v) is 13.3. The molecule has 0 aliphatic rings. The van der Waals surface area contributed by atoms with Gasteiger partial charge < -0.3 is 5.73 Å². The minimum absolute atomic E-state index is 0.0418. The van der Waals surface area contributed by atoms with E-state index in [2.05, 4.69) is 15.0 Å². The van der Waals surface area contributed by atoms with Crippen molar-refractivity contribution in [2.24, 2.45) is 0 Å². The van der Waals surface area contributed by atoms with Crippen molar-refractivity contribution in [2.75, 3.05) is 5.73 Å². The maximum absolute atomic E-state index is 12.6. The van der Waals surface area contributed by atoms with Gasteiger partial charge in [0.05, 0.1) is 0 Å². The van der Waals surface area contributed by atoms with Gasteiger partial charge in [0.25, 0.3) is 0 Å². The summed E-state index contributed by atoms with van der Waals surface area (Å²) in [5, 5.41) is 0. The van der Waals surface area contributed by atoms with Crippen LogP contribution in [0, 0.1) is 0 Å². The molecule has 0 spiro atoms. The van der Waals surface area contributed by atoms with E-state index in [1.54, 1.807) is 0 Å². The summed E-state index contributed by atoms with van der Waals surface area (Å²) in [5.41, 5.74) is 5.02. The molecule has 0 unspecified atom stereocenters. The Hall–Kier alpha value is -3.17. The fourth-order valence-corrected chi connectivity index (χ4v) is 2.32. The van der Waals surface area contributed by atoms with Crippen molar-refractivity contribution in [2.45, 2.75) is 12.4 Å². The van der Waals surface area contributed by atoms with Gasteiger partial charge in [-0.1, -0.05) is 12.1 Å². The Morgan fingerprint density at radius 1 is 0.630 bits per heavy atom. The van der Waals surface area contributed by atoms with E-state index < -0.39 is 23.7 Å². The van der Waals surface area contributed by atoms with Crippen molar-refractivity contribution in [3.63, 3.8) is 0 Å². The van der Waals surface area contributed by atoms with Gasteiger partial charge in [-0.25, -0.2) is 4.98 Å². The molecule has 2 N–H and O–H groups in total. The number of anilines is 1. The van der Waals surface area contributed by atoms with Gasteiger partial charge in [0.1, 0.15) is 17.2 Å². The Bertz CT molecular complexity index is 947. The van der Waals surface area contributed by atoms with Crippen molar-refractivity contribution in [3.05, 3.63) is 60.3 Å². The molecular formula is C17H10F6N4. The monoisotopic (exact) mass is 384 g/mol. The van der Waals surface area contributed by atoms with Crippen LogP contribution in [-0.4, -0.2) is 15.0 Å². The Balaban J connectivity index is 1.97. The number of nitrogens with zero attached hydrogens (tertiary/aromatic N) is 3. The van der Waals surface area contributed by atoms with Crippen LogP contribution in [0.15, 0.2) is 48.9 Å². The first kappa shape index (κ1) is 18.6. The first-order valence-corrected chi connectivity index (χ1v) is 7.38. The van der Waals surface area contributed by atoms with Crippen LogP contribution in [0.1, 0.15) is 11.4 Å². The molecule has 3 aromatic rings. The highest BCUT2D eigenvalue weighted by atomic mass is 19.4. The highest BCUT2D eigenvalue weighted by Gasteiger charge is 2.33. The van der Waals surface area contributed by atoms with Gasteiger partial charge in [-0.2, -0.15) is 26.3 Å². The van der Waals surface area contributed by atoms with Gasteiger partial charge in [0.15, 0.2) is 0 Å². The van der Waals surface area contributed by atoms with Gasteiger partial charge in [-0.3, -0.25) is 9.97 Å². The first-order chi connectivity index (χ1) is 12.6. The maximum atomic E-state index is 12.6. The maximum Gasteiger partial charge on any atom is 0.433 e. The van der Waals surface area contributed by atoms with Crippen molar-refractivity contribution >= 4 is 5.82 Å². The van der Waals surface area contributed by atoms with E-state index in [0.717, 1.165) is 24.5 Å². The quantitative estimate of drug-likeness (QED) is 0.643. The Morgan fingerprint density at radius 3 is 1.56 bits per heavy atom. The average molecular weight is 384 g/mol. The van der Waals surface area contributed by atoms with E-state index >= 15 is 0 Å². The fourth-order valence-electron chi connectivity index (χ4n) is 2.32. The molecule has 0 fully saturated rings. The molecule has 3 rings (SSSR count). The third-order valence-corrected chi connectivity index (χ3v) is 3.67. The number of alkyl halides is 6. The van der Waals surface area contributed by atoms with Crippen LogP contribution < -0.4 is 5.73 Å². The van der Waals surface area contributed by atoms with E-state index in [-0.39, 0.29) is 11.4 Å². The molecule has 4 nitrogen and oxygen atoms in total. The highest BCUT2D eigenvalue weighted by Crippen LogP contribution is 2.33. The number of hydrogen-bond donors (Lipinski definition) is 1. The number of halogens is 6. The molecule has 27 heavy (non-hydrogen) atoms. The lowest BCUT2D eigenvalue weighted by atomic mass is 10.0. The molecule has 0 aliphatic heterocycles. The second kappa shape index (κ2) is 6.53. The van der Waals surface area contributed by atoms with Crippen molar-refractivity contribution in [1.29, 1.82) is 0 Å². The molecule has 0 atom stereocenters. The minimum Gasteiger partial charge on any atom is -0.383 e. The smallest absolute Gasteiger partial charge is 0.383 e. The van der Waals surface area contributed by atoms with Gasteiger partial charge in [-0.05, 0) is 18.2 Å². The van der Waals surface area contributed by atoms with Crippen LogP contribution >= 0.6 is 0 Å². The fraction of sp³-hybridized carbons (Fsp3) is 0.118. The summed E-state index contributed by atoms with van der Waals surface area (Å²) in [6.07, 6.45) is -5.76. The van der Waals surface area contributed by atoms with Crippen LogP contribution in [0.2, 0.25) is 0 Å². The lowest BCUT2D eigenvalue weighted by Crippen LogP contribution is -2.07. The number of nitrogen functional groups attached to an aromatic ring is 1. The molecule has 0 radical (unpaired) electrons. The summed E-state index contributed by atoms with van der Waals surface area (Å²) in [6, 6.07) is 5.54. The number of aromatic nitrogens is 3. The van der Waals surface area contributed by atoms with Gasteiger partial charge >= 0.3 is 12.4 Å². The zero-order valence-electron chi connectivity index (χ0n) is 13.3. The predicted octanol–water partition coefficient (Wildman–Crippen LogP) is 4.83. The van der Waals surface area contributed by atoms with Crippen molar-refractivity contribution in [3.8, 4) is 22.3 Å². The molecule has 0 saturated heterocycles. The standard InChI is InChI=1S/C17H10F6N4/c18-16(19,20)13-3-1-9(6-25-13)11-5-12(15(24)27-8-11)10-2-4-14(26-7-10)17(21,22)23/h1-8H,(H2,24,27). The summed E-state index contributed by atoms with van der Waals surface area (Å²) < 4.78 is 75.6. The number of pyridine rings is 3. The molecule has 3 heterocycles. The Kier molecular flexibility index (Phi) is 4.50. The normalized spacial score (nSPS) is 12.2. The topological polar surface area (TPSA) is 64.7 Å². The van der Waals surface area contributed by atoms with Crippen LogP contribution in [0.5, 0.6) is 0 Å². The molecule has 0 aliphatic carbocycles. The lowest BCUT2D eigenvalue weighted by Gasteiger charge is -2.10. The molecule has 140 valence electrons. The summed E-state index contributed by atoms with van der Waals surface area (Å²) in [4.78, 5) is 10.7. The number of rotatable bonds is 2. The largest absolute Gasteiger partial charge is 0.433 e. The van der Waals surface area contributed by atoms with Gasteiger partial charge in [0, 0.05) is 40.8 Å². The third kappa shape index (κ3) is 3.99. The van der Waals surface area contributed by atoms with Gasteiger partial charge in [0.2, 0.25) is 0 Å². The van der Waals surface area contributed by atoms with Crippen molar-refractivity contribution < 1.29 is 26.3 Å². The second-order valence-electron chi connectivity index (χ2n) is 5.52. The summed E-state index contributed by atoms with van der Waals surface area (Å²) in [5.74, 6) is 0.0418. The van der Waals surface area contributed by atoms with E-state index in [1.807, 2.05) is 0 Å². The van der Waals surface area contributed by atoms with E-state index in [1.165, 1.54) is 24.4 Å². The first-order valence-electron chi connectivity index (χ1n) is 7.38. The zero-order chi connectivity index (χ0) is 19.8. The van der Waals surface area contributed by atoms with E-state index in [0.29, 0.717) is 16.7 Å². The summed E-state index contributed by atoms with van der Waals surface area (Å²) in [7, 11) is 0. The molecule has 10 heteroatoms. The molecule has 3 aromatic heterocycles. The highest BCUT2D eigenvalue weighted by molar-refractivity contribution is 5.78. The molecule has 0 bridgehead atoms. The van der Waals surface area contributed by atoms with Crippen LogP contribution in [-0.2, 0) is 12.4 Å². The number of nitrogens with two attached hydrogens (primary N) is 1. The molecule has 0 aromatic carbocycles. The predicted molar refractivity (Wildman–Crippen MR) is 85.1 cm³/mol. The van der Waals surface area contributed by atoms with Crippen LogP contribution in [0.25, 0.3) is 22.3 Å². The third-order valence-electron chi connectivity index (χ3n) is 3.67. The van der Waals surface area contributed by atoms with Crippen molar-refractivity contribution in [1.82, 2.24) is 15.0 Å².